The number of piperidine rings is 1. The van der Waals surface area contributed by atoms with Gasteiger partial charge in [0.15, 0.2) is 0 Å². The second-order valence-electron chi connectivity index (χ2n) is 8.41. The maximum atomic E-state index is 12.9. The number of hydrogen-bond acceptors (Lipinski definition) is 6. The van der Waals surface area contributed by atoms with Crippen molar-refractivity contribution in [1.82, 2.24) is 15.2 Å². The molecular formula is C26H25N3O5. The number of amides is 3. The van der Waals surface area contributed by atoms with Crippen molar-refractivity contribution in [3.05, 3.63) is 65.9 Å². The van der Waals surface area contributed by atoms with E-state index in [0.29, 0.717) is 37.5 Å². The molecule has 2 aliphatic heterocycles. The van der Waals surface area contributed by atoms with Gasteiger partial charge in [-0.05, 0) is 49.6 Å². The van der Waals surface area contributed by atoms with Gasteiger partial charge in [0.05, 0.1) is 25.3 Å². The van der Waals surface area contributed by atoms with Gasteiger partial charge in [-0.1, -0.05) is 18.2 Å². The predicted octanol–water partition coefficient (Wildman–Crippen LogP) is 3.23. The Morgan fingerprint density at radius 2 is 1.74 bits per heavy atom. The Balaban J connectivity index is 1.14. The van der Waals surface area contributed by atoms with Crippen molar-refractivity contribution in [2.45, 2.75) is 38.3 Å². The summed E-state index contributed by atoms with van der Waals surface area (Å²) >= 11 is 0. The number of benzene rings is 2. The molecule has 174 valence electrons. The van der Waals surface area contributed by atoms with E-state index in [2.05, 4.69) is 10.3 Å². The standard InChI is InChI=1S/C26H25N3O5/c30-24-11-10-21(25(31)28-24)29-16-19-17(26(29)32)7-5-9-22(19)33-14-3-4-15-34-23-12-13-27-20-8-2-1-6-18(20)23/h1-2,5-9,12-13,21H,3-4,10-11,14-16H2,(H,28,30,31). The fraction of sp³-hybridized carbons (Fsp3) is 0.308. The topological polar surface area (TPSA) is 97.8 Å². The molecule has 5 rings (SSSR count). The highest BCUT2D eigenvalue weighted by Gasteiger charge is 2.40. The summed E-state index contributed by atoms with van der Waals surface area (Å²) in [5, 5.41) is 3.32. The van der Waals surface area contributed by atoms with Gasteiger partial charge in [-0.25, -0.2) is 0 Å². The summed E-state index contributed by atoms with van der Waals surface area (Å²) in [4.78, 5) is 42.5. The lowest BCUT2D eigenvalue weighted by Crippen LogP contribution is -2.52. The van der Waals surface area contributed by atoms with E-state index in [1.54, 1.807) is 18.3 Å². The summed E-state index contributed by atoms with van der Waals surface area (Å²) in [6, 6.07) is 14.5. The molecule has 3 heterocycles. The smallest absolute Gasteiger partial charge is 0.255 e. The van der Waals surface area contributed by atoms with E-state index in [1.165, 1.54) is 4.90 Å². The summed E-state index contributed by atoms with van der Waals surface area (Å²) in [5.74, 6) is 0.562. The zero-order chi connectivity index (χ0) is 23.5. The molecule has 0 saturated carbocycles. The van der Waals surface area contributed by atoms with E-state index >= 15 is 0 Å². The zero-order valence-corrected chi connectivity index (χ0v) is 18.7. The van der Waals surface area contributed by atoms with Crippen LogP contribution in [0.3, 0.4) is 0 Å². The van der Waals surface area contributed by atoms with Crippen LogP contribution in [0.15, 0.2) is 54.7 Å². The van der Waals surface area contributed by atoms with Crippen LogP contribution in [-0.2, 0) is 16.1 Å². The van der Waals surface area contributed by atoms with Crippen molar-refractivity contribution >= 4 is 28.6 Å². The molecule has 1 N–H and O–H groups in total. The molecule has 0 aliphatic carbocycles. The van der Waals surface area contributed by atoms with Crippen molar-refractivity contribution in [3.63, 3.8) is 0 Å². The van der Waals surface area contributed by atoms with Gasteiger partial charge < -0.3 is 14.4 Å². The second-order valence-corrected chi connectivity index (χ2v) is 8.41. The molecule has 8 heteroatoms. The predicted molar refractivity (Wildman–Crippen MR) is 124 cm³/mol. The van der Waals surface area contributed by atoms with Crippen molar-refractivity contribution in [1.29, 1.82) is 0 Å². The third-order valence-electron chi connectivity index (χ3n) is 6.20. The van der Waals surface area contributed by atoms with E-state index in [0.717, 1.165) is 35.1 Å². The van der Waals surface area contributed by atoms with Crippen LogP contribution in [0.4, 0.5) is 0 Å². The Bertz CT molecular complexity index is 1250. The fourth-order valence-electron chi connectivity index (χ4n) is 4.46. The molecule has 2 aromatic carbocycles. The molecule has 3 aromatic rings. The molecule has 1 aromatic heterocycles. The Kier molecular flexibility index (Phi) is 6.12. The largest absolute Gasteiger partial charge is 0.493 e. The molecule has 0 bridgehead atoms. The van der Waals surface area contributed by atoms with Crippen LogP contribution in [0.5, 0.6) is 11.5 Å². The van der Waals surface area contributed by atoms with E-state index in [-0.39, 0.29) is 18.2 Å². The Morgan fingerprint density at radius 1 is 0.941 bits per heavy atom. The van der Waals surface area contributed by atoms with Gasteiger partial charge >= 0.3 is 0 Å². The molecular weight excluding hydrogens is 434 g/mol. The summed E-state index contributed by atoms with van der Waals surface area (Å²) in [6.07, 6.45) is 3.92. The number of carbonyl (C=O) groups excluding carboxylic acids is 3. The molecule has 0 spiro atoms. The van der Waals surface area contributed by atoms with E-state index in [9.17, 15) is 14.4 Å². The van der Waals surface area contributed by atoms with Crippen LogP contribution >= 0.6 is 0 Å². The first-order valence-electron chi connectivity index (χ1n) is 11.5. The van der Waals surface area contributed by atoms with Crippen molar-refractivity contribution in [2.24, 2.45) is 0 Å². The number of fused-ring (bicyclic) bond motifs is 2. The molecule has 3 amide bonds. The number of hydrogen-bond donors (Lipinski definition) is 1. The van der Waals surface area contributed by atoms with Crippen molar-refractivity contribution in [2.75, 3.05) is 13.2 Å². The van der Waals surface area contributed by atoms with Gasteiger partial charge in [-0.2, -0.15) is 0 Å². The van der Waals surface area contributed by atoms with Crippen LogP contribution in [0.1, 0.15) is 41.6 Å². The molecule has 1 unspecified atom stereocenters. The average Bonchev–Trinajstić information content (AvgIpc) is 3.18. The van der Waals surface area contributed by atoms with Gasteiger partial charge in [0.1, 0.15) is 17.5 Å². The number of para-hydroxylation sites is 1. The minimum Gasteiger partial charge on any atom is -0.493 e. The molecule has 34 heavy (non-hydrogen) atoms. The number of carbonyl (C=O) groups is 3. The van der Waals surface area contributed by atoms with Crippen LogP contribution in [0.2, 0.25) is 0 Å². The van der Waals surface area contributed by atoms with Gasteiger partial charge in [0.25, 0.3) is 5.91 Å². The van der Waals surface area contributed by atoms with E-state index in [1.807, 2.05) is 36.4 Å². The Hall–Kier alpha value is -3.94. The number of pyridine rings is 1. The Labute approximate surface area is 196 Å². The molecule has 8 nitrogen and oxygen atoms in total. The highest BCUT2D eigenvalue weighted by molar-refractivity contribution is 6.05. The van der Waals surface area contributed by atoms with Gasteiger partial charge in [-0.15, -0.1) is 0 Å². The van der Waals surface area contributed by atoms with Gasteiger partial charge in [-0.3, -0.25) is 24.7 Å². The lowest BCUT2D eigenvalue weighted by molar-refractivity contribution is -0.136. The first-order valence-corrected chi connectivity index (χ1v) is 11.5. The quantitative estimate of drug-likeness (QED) is 0.410. The third kappa shape index (κ3) is 4.31. The maximum absolute atomic E-state index is 12.9. The monoisotopic (exact) mass is 459 g/mol. The number of nitrogens with zero attached hydrogens (tertiary/aromatic N) is 2. The highest BCUT2D eigenvalue weighted by Crippen LogP contribution is 2.33. The second kappa shape index (κ2) is 9.51. The molecule has 1 saturated heterocycles. The first-order chi connectivity index (χ1) is 16.6. The number of ether oxygens (including phenoxy) is 2. The van der Waals surface area contributed by atoms with Crippen LogP contribution in [-0.4, -0.2) is 46.9 Å². The van der Waals surface area contributed by atoms with Crippen LogP contribution in [0, 0.1) is 0 Å². The van der Waals surface area contributed by atoms with Crippen molar-refractivity contribution in [3.8, 4) is 11.5 Å². The van der Waals surface area contributed by atoms with Crippen LogP contribution in [0.25, 0.3) is 10.9 Å². The highest BCUT2D eigenvalue weighted by atomic mass is 16.5. The molecule has 1 fully saturated rings. The number of nitrogens with one attached hydrogen (secondary N) is 1. The summed E-state index contributed by atoms with van der Waals surface area (Å²) < 4.78 is 11.9. The summed E-state index contributed by atoms with van der Waals surface area (Å²) in [6.45, 7) is 1.35. The molecule has 0 radical (unpaired) electrons. The number of imide groups is 1. The zero-order valence-electron chi connectivity index (χ0n) is 18.7. The SMILES string of the molecule is O=C1CCC(N2Cc3c(OCCCCOc4ccnc5ccccc45)cccc3C2=O)C(=O)N1. The summed E-state index contributed by atoms with van der Waals surface area (Å²) in [5.41, 5.74) is 2.24. The molecule has 1 atom stereocenters. The average molecular weight is 460 g/mol. The Morgan fingerprint density at radius 3 is 2.56 bits per heavy atom. The van der Waals surface area contributed by atoms with E-state index in [4.69, 9.17) is 9.47 Å². The maximum Gasteiger partial charge on any atom is 0.255 e. The van der Waals surface area contributed by atoms with Crippen molar-refractivity contribution < 1.29 is 23.9 Å². The lowest BCUT2D eigenvalue weighted by atomic mass is 10.0. The van der Waals surface area contributed by atoms with Gasteiger partial charge in [0, 0.05) is 29.1 Å². The van der Waals surface area contributed by atoms with E-state index < -0.39 is 11.9 Å². The normalized spacial score (nSPS) is 17.6. The number of unbranched alkanes of at least 4 members (excludes halogenated alkanes) is 1. The van der Waals surface area contributed by atoms with Gasteiger partial charge in [0.2, 0.25) is 11.8 Å². The number of aromatic nitrogens is 1. The minimum atomic E-state index is -0.633. The summed E-state index contributed by atoms with van der Waals surface area (Å²) in [7, 11) is 0. The first kappa shape index (κ1) is 21.9. The minimum absolute atomic E-state index is 0.201. The van der Waals surface area contributed by atoms with Crippen LogP contribution < -0.4 is 14.8 Å². The number of rotatable bonds is 8. The fourth-order valence-corrected chi connectivity index (χ4v) is 4.46. The molecule has 2 aliphatic rings. The third-order valence-corrected chi connectivity index (χ3v) is 6.20. The lowest BCUT2D eigenvalue weighted by Gasteiger charge is -2.29.